The van der Waals surface area contributed by atoms with Gasteiger partial charge in [-0.25, -0.2) is 9.59 Å². The van der Waals surface area contributed by atoms with Crippen molar-refractivity contribution in [2.75, 3.05) is 13.2 Å². The summed E-state index contributed by atoms with van der Waals surface area (Å²) in [5.41, 5.74) is 0. The molecule has 1 aliphatic rings. The van der Waals surface area contributed by atoms with Crippen molar-refractivity contribution in [3.63, 3.8) is 0 Å². The van der Waals surface area contributed by atoms with Crippen molar-refractivity contribution in [2.45, 2.75) is 45.3 Å². The smallest absolute Gasteiger partial charge is 0.414 e. The third kappa shape index (κ3) is 9.77. The second-order valence-corrected chi connectivity index (χ2v) is 4.16. The zero-order chi connectivity index (χ0) is 13.3. The number of carboxylic acids is 2. The highest BCUT2D eigenvalue weighted by atomic mass is 16.5. The molecule has 6 nitrogen and oxygen atoms in total. The summed E-state index contributed by atoms with van der Waals surface area (Å²) in [5.74, 6) is -3.65. The van der Waals surface area contributed by atoms with Gasteiger partial charge in [0.15, 0.2) is 0 Å². The van der Waals surface area contributed by atoms with Crippen LogP contribution in [0, 0.1) is 0 Å². The maximum absolute atomic E-state index is 9.10. The molecule has 1 heterocycles. The highest BCUT2D eigenvalue weighted by Gasteiger charge is 2.12. The van der Waals surface area contributed by atoms with Crippen LogP contribution in [0.3, 0.4) is 0 Å². The van der Waals surface area contributed by atoms with E-state index < -0.39 is 11.9 Å². The normalized spacial score (nSPS) is 19.4. The second kappa shape index (κ2) is 8.95. The third-order valence-corrected chi connectivity index (χ3v) is 2.21. The minimum Gasteiger partial charge on any atom is -0.473 e. The highest BCUT2D eigenvalue weighted by Crippen LogP contribution is 2.11. The van der Waals surface area contributed by atoms with E-state index in [9.17, 15) is 0 Å². The zero-order valence-electron chi connectivity index (χ0n) is 10.3. The van der Waals surface area contributed by atoms with E-state index in [1.54, 1.807) is 0 Å². The van der Waals surface area contributed by atoms with Crippen LogP contribution < -0.4 is 5.32 Å². The molecule has 3 N–H and O–H groups in total. The average Bonchev–Trinajstić information content (AvgIpc) is 2.28. The predicted octanol–water partition coefficient (Wildman–Crippen LogP) is 0.709. The molecule has 0 amide bonds. The van der Waals surface area contributed by atoms with Crippen LogP contribution in [0.1, 0.15) is 33.1 Å². The molecular formula is C11H21NO5. The molecule has 1 rings (SSSR count). The van der Waals surface area contributed by atoms with Crippen molar-refractivity contribution in [1.29, 1.82) is 0 Å². The van der Waals surface area contributed by atoms with Crippen LogP contribution in [0.4, 0.5) is 0 Å². The molecule has 0 aliphatic carbocycles. The lowest BCUT2D eigenvalue weighted by Crippen LogP contribution is -2.35. The minimum atomic E-state index is -1.82. The summed E-state index contributed by atoms with van der Waals surface area (Å²) < 4.78 is 5.57. The molecule has 1 atom stereocenters. The molecule has 0 aromatic heterocycles. The first-order chi connectivity index (χ1) is 7.93. The summed E-state index contributed by atoms with van der Waals surface area (Å²) in [6.07, 6.45) is 4.30. The summed E-state index contributed by atoms with van der Waals surface area (Å²) in [6, 6.07) is 0.584. The van der Waals surface area contributed by atoms with Gasteiger partial charge < -0.3 is 20.3 Å². The largest absolute Gasteiger partial charge is 0.473 e. The molecule has 17 heavy (non-hydrogen) atoms. The Labute approximate surface area is 101 Å². The van der Waals surface area contributed by atoms with Crippen LogP contribution in [-0.4, -0.2) is 47.4 Å². The molecule has 0 aromatic carbocycles. The van der Waals surface area contributed by atoms with Crippen molar-refractivity contribution < 1.29 is 24.5 Å². The average molecular weight is 247 g/mol. The van der Waals surface area contributed by atoms with Gasteiger partial charge in [-0.2, -0.15) is 0 Å². The molecule has 100 valence electrons. The number of nitrogens with one attached hydrogen (secondary N) is 1. The van der Waals surface area contributed by atoms with E-state index >= 15 is 0 Å². The van der Waals surface area contributed by atoms with Crippen molar-refractivity contribution >= 4 is 11.9 Å². The fraction of sp³-hybridized carbons (Fsp3) is 0.818. The Morgan fingerprint density at radius 1 is 1.29 bits per heavy atom. The first-order valence-electron chi connectivity index (χ1n) is 5.74. The molecule has 0 aromatic rings. The number of ether oxygens (including phenoxy) is 1. The Morgan fingerprint density at radius 3 is 2.24 bits per heavy atom. The minimum absolute atomic E-state index is 0.478. The van der Waals surface area contributed by atoms with Crippen molar-refractivity contribution in [2.24, 2.45) is 0 Å². The number of carboxylic acid groups (broad SMARTS) is 2. The molecule has 1 saturated heterocycles. The maximum atomic E-state index is 9.10. The number of aliphatic carboxylic acids is 2. The SMILES string of the molecule is CC(C)NCC1CCCCO1.O=C(O)C(=O)O. The lowest BCUT2D eigenvalue weighted by atomic mass is 10.1. The van der Waals surface area contributed by atoms with E-state index in [0.717, 1.165) is 13.2 Å². The molecule has 6 heteroatoms. The van der Waals surface area contributed by atoms with Gasteiger partial charge in [0.2, 0.25) is 0 Å². The molecule has 0 spiro atoms. The third-order valence-electron chi connectivity index (χ3n) is 2.21. The Kier molecular flexibility index (Phi) is 8.35. The number of carbonyl (C=O) groups is 2. The number of hydrogen-bond acceptors (Lipinski definition) is 4. The summed E-state index contributed by atoms with van der Waals surface area (Å²) in [4.78, 5) is 18.2. The Morgan fingerprint density at radius 2 is 1.88 bits per heavy atom. The number of rotatable bonds is 3. The number of hydrogen-bond donors (Lipinski definition) is 3. The van der Waals surface area contributed by atoms with Crippen LogP contribution in [0.5, 0.6) is 0 Å². The van der Waals surface area contributed by atoms with Gasteiger partial charge in [0, 0.05) is 19.2 Å². The van der Waals surface area contributed by atoms with E-state index in [4.69, 9.17) is 24.5 Å². The van der Waals surface area contributed by atoms with Gasteiger partial charge in [-0.05, 0) is 19.3 Å². The Bertz CT molecular complexity index is 224. The molecule has 0 radical (unpaired) electrons. The van der Waals surface area contributed by atoms with E-state index in [1.165, 1.54) is 19.3 Å². The fourth-order valence-electron chi connectivity index (χ4n) is 1.34. The van der Waals surface area contributed by atoms with Crippen LogP contribution in [0.15, 0.2) is 0 Å². The van der Waals surface area contributed by atoms with Crippen molar-refractivity contribution in [3.8, 4) is 0 Å². The van der Waals surface area contributed by atoms with E-state index in [1.807, 2.05) is 0 Å². The molecule has 1 aliphatic heterocycles. The van der Waals surface area contributed by atoms with Crippen LogP contribution in [-0.2, 0) is 14.3 Å². The molecule has 1 unspecified atom stereocenters. The van der Waals surface area contributed by atoms with Gasteiger partial charge in [-0.15, -0.1) is 0 Å². The monoisotopic (exact) mass is 247 g/mol. The van der Waals surface area contributed by atoms with Gasteiger partial charge in [0.25, 0.3) is 0 Å². The summed E-state index contributed by atoms with van der Waals surface area (Å²) in [7, 11) is 0. The van der Waals surface area contributed by atoms with Gasteiger partial charge in [0.1, 0.15) is 0 Å². The topological polar surface area (TPSA) is 95.9 Å². The summed E-state index contributed by atoms with van der Waals surface area (Å²) >= 11 is 0. The second-order valence-electron chi connectivity index (χ2n) is 4.16. The maximum Gasteiger partial charge on any atom is 0.414 e. The van der Waals surface area contributed by atoms with Crippen molar-refractivity contribution in [1.82, 2.24) is 5.32 Å². The van der Waals surface area contributed by atoms with Gasteiger partial charge in [0.05, 0.1) is 6.10 Å². The summed E-state index contributed by atoms with van der Waals surface area (Å²) in [6.45, 7) is 6.33. The fourth-order valence-corrected chi connectivity index (χ4v) is 1.34. The summed E-state index contributed by atoms with van der Waals surface area (Å²) in [5, 5.41) is 18.2. The van der Waals surface area contributed by atoms with E-state index in [2.05, 4.69) is 19.2 Å². The van der Waals surface area contributed by atoms with Crippen molar-refractivity contribution in [3.05, 3.63) is 0 Å². The lowest BCUT2D eigenvalue weighted by Gasteiger charge is -2.23. The quantitative estimate of drug-likeness (QED) is 0.636. The Balaban J connectivity index is 0.000000366. The zero-order valence-corrected chi connectivity index (χ0v) is 10.3. The van der Waals surface area contributed by atoms with Crippen LogP contribution in [0.2, 0.25) is 0 Å². The molecule has 0 bridgehead atoms. The standard InChI is InChI=1S/C9H19NO.C2H2O4/c1-8(2)10-7-9-5-3-4-6-11-9;3-1(4)2(5)6/h8-10H,3-7H2,1-2H3;(H,3,4)(H,5,6). The van der Waals surface area contributed by atoms with Crippen LogP contribution >= 0.6 is 0 Å². The molecular weight excluding hydrogens is 226 g/mol. The van der Waals surface area contributed by atoms with Gasteiger partial charge in [-0.3, -0.25) is 0 Å². The van der Waals surface area contributed by atoms with Gasteiger partial charge in [-0.1, -0.05) is 13.8 Å². The first-order valence-corrected chi connectivity index (χ1v) is 5.74. The Hall–Kier alpha value is -1.14. The van der Waals surface area contributed by atoms with Crippen LogP contribution in [0.25, 0.3) is 0 Å². The lowest BCUT2D eigenvalue weighted by molar-refractivity contribution is -0.159. The molecule has 1 fully saturated rings. The van der Waals surface area contributed by atoms with Gasteiger partial charge >= 0.3 is 11.9 Å². The van der Waals surface area contributed by atoms with E-state index in [0.29, 0.717) is 12.1 Å². The predicted molar refractivity (Wildman–Crippen MR) is 62.0 cm³/mol. The highest BCUT2D eigenvalue weighted by molar-refractivity contribution is 6.27. The first kappa shape index (κ1) is 15.9. The molecule has 0 saturated carbocycles. The van der Waals surface area contributed by atoms with E-state index in [-0.39, 0.29) is 0 Å².